The lowest BCUT2D eigenvalue weighted by molar-refractivity contribution is -0.119. The van der Waals surface area contributed by atoms with Crippen LogP contribution in [-0.4, -0.2) is 59.6 Å². The topological polar surface area (TPSA) is 87.5 Å². The molecular formula is C16H26N4O3S. The molecule has 0 aromatic carbocycles. The van der Waals surface area contributed by atoms with Crippen LogP contribution in [0.3, 0.4) is 0 Å². The van der Waals surface area contributed by atoms with Crippen molar-refractivity contribution in [1.82, 2.24) is 15.4 Å². The normalized spacial score (nSPS) is 16.3. The lowest BCUT2D eigenvalue weighted by Crippen LogP contribution is -2.51. The summed E-state index contributed by atoms with van der Waals surface area (Å²) in [5.74, 6) is 1.29. The number of nitrogens with one attached hydrogen (secondary N) is 2. The molecule has 8 heteroatoms. The molecule has 1 aliphatic rings. The fraction of sp³-hybridized carbons (Fsp3) is 0.688. The van der Waals surface area contributed by atoms with Crippen molar-refractivity contribution in [2.45, 2.75) is 38.1 Å². The minimum Gasteiger partial charge on any atom is -0.360 e. The fourth-order valence-electron chi connectivity index (χ4n) is 2.97. The predicted octanol–water partition coefficient (Wildman–Crippen LogP) is 1.65. The average Bonchev–Trinajstić information content (AvgIpc) is 3.15. The quantitative estimate of drug-likeness (QED) is 0.738. The Morgan fingerprint density at radius 1 is 1.29 bits per heavy atom. The molecule has 0 radical (unpaired) electrons. The van der Waals surface area contributed by atoms with Gasteiger partial charge in [-0.25, -0.2) is 0 Å². The minimum atomic E-state index is -0.193. The number of aryl methyl sites for hydroxylation is 1. The highest BCUT2D eigenvalue weighted by Crippen LogP contribution is 2.33. The zero-order chi connectivity index (χ0) is 17.6. The molecule has 1 aromatic heterocycles. The zero-order valence-electron chi connectivity index (χ0n) is 14.6. The summed E-state index contributed by atoms with van der Waals surface area (Å²) in [5.41, 5.74) is 0.0858. The molecule has 0 aliphatic heterocycles. The van der Waals surface area contributed by atoms with Gasteiger partial charge < -0.3 is 20.1 Å². The van der Waals surface area contributed by atoms with Crippen molar-refractivity contribution in [2.75, 3.05) is 37.5 Å². The SMILES string of the molecule is Cc1cc(NC(=O)CSCC(=O)NCC2(N(C)C)CCCC2)no1. The van der Waals surface area contributed by atoms with Crippen molar-refractivity contribution < 1.29 is 14.1 Å². The monoisotopic (exact) mass is 354 g/mol. The van der Waals surface area contributed by atoms with Crippen LogP contribution in [0.25, 0.3) is 0 Å². The summed E-state index contributed by atoms with van der Waals surface area (Å²) >= 11 is 1.29. The van der Waals surface area contributed by atoms with Crippen molar-refractivity contribution >= 4 is 29.4 Å². The molecule has 0 spiro atoms. The summed E-state index contributed by atoms with van der Waals surface area (Å²) in [4.78, 5) is 26.0. The third-order valence-corrected chi connectivity index (χ3v) is 5.39. The maximum absolute atomic E-state index is 12.0. The van der Waals surface area contributed by atoms with E-state index in [4.69, 9.17) is 4.52 Å². The van der Waals surface area contributed by atoms with Crippen molar-refractivity contribution in [3.05, 3.63) is 11.8 Å². The number of hydrogen-bond acceptors (Lipinski definition) is 6. The summed E-state index contributed by atoms with van der Waals surface area (Å²) in [5, 5.41) is 9.34. The van der Waals surface area contributed by atoms with Gasteiger partial charge >= 0.3 is 0 Å². The van der Waals surface area contributed by atoms with Crippen LogP contribution in [0.15, 0.2) is 10.6 Å². The Morgan fingerprint density at radius 3 is 2.54 bits per heavy atom. The Morgan fingerprint density at radius 2 is 1.96 bits per heavy atom. The predicted molar refractivity (Wildman–Crippen MR) is 95.1 cm³/mol. The largest absolute Gasteiger partial charge is 0.360 e. The van der Waals surface area contributed by atoms with Crippen LogP contribution in [0.4, 0.5) is 5.82 Å². The molecule has 2 rings (SSSR count). The molecule has 0 saturated heterocycles. The van der Waals surface area contributed by atoms with Gasteiger partial charge in [-0.3, -0.25) is 9.59 Å². The van der Waals surface area contributed by atoms with E-state index < -0.39 is 0 Å². The minimum absolute atomic E-state index is 0.0294. The Labute approximate surface area is 146 Å². The van der Waals surface area contributed by atoms with Gasteiger partial charge in [-0.2, -0.15) is 0 Å². The number of hydrogen-bond donors (Lipinski definition) is 2. The van der Waals surface area contributed by atoms with Crippen LogP contribution >= 0.6 is 11.8 Å². The maximum atomic E-state index is 12.0. The first-order valence-corrected chi connectivity index (χ1v) is 9.32. The lowest BCUT2D eigenvalue weighted by atomic mass is 9.96. The third kappa shape index (κ3) is 5.24. The Kier molecular flexibility index (Phi) is 6.68. The Bertz CT molecular complexity index is 567. The molecule has 0 bridgehead atoms. The maximum Gasteiger partial charge on any atom is 0.235 e. The molecule has 24 heavy (non-hydrogen) atoms. The summed E-state index contributed by atoms with van der Waals surface area (Å²) in [6.45, 7) is 2.43. The molecule has 134 valence electrons. The molecule has 0 unspecified atom stereocenters. The van der Waals surface area contributed by atoms with Gasteiger partial charge in [0.1, 0.15) is 5.76 Å². The highest BCUT2D eigenvalue weighted by atomic mass is 32.2. The number of carbonyl (C=O) groups is 2. The van der Waals surface area contributed by atoms with Gasteiger partial charge in [0.25, 0.3) is 0 Å². The summed E-state index contributed by atoms with van der Waals surface area (Å²) in [6, 6.07) is 1.65. The van der Waals surface area contributed by atoms with Gasteiger partial charge in [-0.1, -0.05) is 18.0 Å². The van der Waals surface area contributed by atoms with Gasteiger partial charge in [-0.15, -0.1) is 11.8 Å². The third-order valence-electron chi connectivity index (χ3n) is 4.46. The molecule has 1 fully saturated rings. The van der Waals surface area contributed by atoms with Gasteiger partial charge in [0.2, 0.25) is 11.8 Å². The van der Waals surface area contributed by atoms with Crippen LogP contribution < -0.4 is 10.6 Å². The van der Waals surface area contributed by atoms with Crippen LogP contribution in [0.2, 0.25) is 0 Å². The second-order valence-corrected chi connectivity index (χ2v) is 7.45. The first-order chi connectivity index (χ1) is 11.4. The standard InChI is InChI=1S/C16H26N4O3S/c1-12-8-13(19-23-12)18-15(22)10-24-9-14(21)17-11-16(20(2)3)6-4-5-7-16/h8H,4-7,9-11H2,1-3H3,(H,17,21)(H,18,19,22). The molecule has 7 nitrogen and oxygen atoms in total. The van der Waals surface area contributed by atoms with E-state index in [1.807, 2.05) is 0 Å². The fourth-order valence-corrected chi connectivity index (χ4v) is 3.62. The molecule has 2 amide bonds. The number of thioether (sulfide) groups is 1. The van der Waals surface area contributed by atoms with E-state index >= 15 is 0 Å². The number of rotatable bonds is 8. The molecule has 1 aliphatic carbocycles. The second kappa shape index (κ2) is 8.53. The lowest BCUT2D eigenvalue weighted by Gasteiger charge is -2.36. The smallest absolute Gasteiger partial charge is 0.235 e. The Balaban J connectivity index is 1.65. The molecule has 2 N–H and O–H groups in total. The second-order valence-electron chi connectivity index (χ2n) is 6.47. The molecule has 1 heterocycles. The van der Waals surface area contributed by atoms with Crippen LogP contribution in [0, 0.1) is 6.92 Å². The summed E-state index contributed by atoms with van der Waals surface area (Å²) in [7, 11) is 4.14. The number of aromatic nitrogens is 1. The van der Waals surface area contributed by atoms with Gasteiger partial charge in [-0.05, 0) is 33.9 Å². The summed E-state index contributed by atoms with van der Waals surface area (Å²) < 4.78 is 4.88. The van der Waals surface area contributed by atoms with Gasteiger partial charge in [0.15, 0.2) is 5.82 Å². The van der Waals surface area contributed by atoms with E-state index in [-0.39, 0.29) is 28.9 Å². The van der Waals surface area contributed by atoms with Crippen molar-refractivity contribution in [2.24, 2.45) is 0 Å². The molecule has 1 saturated carbocycles. The van der Waals surface area contributed by atoms with Crippen LogP contribution in [0.1, 0.15) is 31.4 Å². The molecule has 1 aromatic rings. The van der Waals surface area contributed by atoms with Gasteiger partial charge in [0.05, 0.1) is 11.5 Å². The number of carbonyl (C=O) groups excluding carboxylic acids is 2. The van der Waals surface area contributed by atoms with Crippen molar-refractivity contribution in [3.63, 3.8) is 0 Å². The van der Waals surface area contributed by atoms with Crippen molar-refractivity contribution in [3.8, 4) is 0 Å². The Hall–Kier alpha value is -1.54. The van der Waals surface area contributed by atoms with Gasteiger partial charge in [0, 0.05) is 18.2 Å². The highest BCUT2D eigenvalue weighted by Gasteiger charge is 2.35. The van der Waals surface area contributed by atoms with E-state index in [1.165, 1.54) is 24.6 Å². The van der Waals surface area contributed by atoms with Crippen LogP contribution in [-0.2, 0) is 9.59 Å². The zero-order valence-corrected chi connectivity index (χ0v) is 15.4. The van der Waals surface area contributed by atoms with Crippen molar-refractivity contribution in [1.29, 1.82) is 0 Å². The van der Waals surface area contributed by atoms with E-state index in [9.17, 15) is 9.59 Å². The van der Waals surface area contributed by atoms with E-state index in [0.29, 0.717) is 18.1 Å². The number of anilines is 1. The number of likely N-dealkylation sites (N-methyl/N-ethyl adjacent to an activating group) is 1. The first-order valence-electron chi connectivity index (χ1n) is 8.16. The number of amides is 2. The van der Waals surface area contributed by atoms with Crippen LogP contribution in [0.5, 0.6) is 0 Å². The average molecular weight is 354 g/mol. The van der Waals surface area contributed by atoms with E-state index in [0.717, 1.165) is 12.8 Å². The summed E-state index contributed by atoms with van der Waals surface area (Å²) in [6.07, 6.45) is 4.66. The number of nitrogens with zero attached hydrogens (tertiary/aromatic N) is 2. The van der Waals surface area contributed by atoms with E-state index in [1.54, 1.807) is 13.0 Å². The molecule has 0 atom stereocenters. The van der Waals surface area contributed by atoms with E-state index in [2.05, 4.69) is 34.8 Å². The first kappa shape index (κ1) is 18.8. The molecular weight excluding hydrogens is 328 g/mol. The highest BCUT2D eigenvalue weighted by molar-refractivity contribution is 8.00.